The van der Waals surface area contributed by atoms with Crippen LogP contribution in [0.25, 0.3) is 0 Å². The summed E-state index contributed by atoms with van der Waals surface area (Å²) in [6.45, 7) is 6.08. The van der Waals surface area contributed by atoms with Crippen molar-refractivity contribution >= 4 is 11.9 Å². The Balaban J connectivity index is 1.78. The van der Waals surface area contributed by atoms with E-state index in [0.29, 0.717) is 12.3 Å². The summed E-state index contributed by atoms with van der Waals surface area (Å²) >= 11 is 0. The lowest BCUT2D eigenvalue weighted by molar-refractivity contribution is -0.122. The molecule has 3 amide bonds. The zero-order chi connectivity index (χ0) is 18.9. The summed E-state index contributed by atoms with van der Waals surface area (Å²) in [4.78, 5) is 24.0. The molecule has 1 atom stereocenters. The number of rotatable bonds is 8. The van der Waals surface area contributed by atoms with Crippen LogP contribution in [0, 0.1) is 0 Å². The number of carbonyl (C=O) groups is 2. The summed E-state index contributed by atoms with van der Waals surface area (Å²) in [6.07, 6.45) is 1.58. The number of ether oxygens (including phenoxy) is 1. The number of hydrogen-bond acceptors (Lipinski definition) is 4. The molecule has 0 saturated heterocycles. The molecule has 7 nitrogen and oxygen atoms in total. The van der Waals surface area contributed by atoms with E-state index >= 15 is 0 Å². The Morgan fingerprint density at radius 1 is 1.04 bits per heavy atom. The van der Waals surface area contributed by atoms with Gasteiger partial charge in [-0.25, -0.2) is 4.79 Å². The van der Waals surface area contributed by atoms with E-state index in [9.17, 15) is 9.59 Å². The van der Waals surface area contributed by atoms with E-state index in [-0.39, 0.29) is 18.6 Å². The molecular weight excluding hydrogens is 334 g/mol. The monoisotopic (exact) mass is 359 g/mol. The predicted octanol–water partition coefficient (Wildman–Crippen LogP) is 2.57. The molecule has 0 bridgehead atoms. The fourth-order valence-electron chi connectivity index (χ4n) is 2.25. The molecule has 0 aliphatic carbocycles. The van der Waals surface area contributed by atoms with Crippen molar-refractivity contribution in [2.75, 3.05) is 0 Å². The van der Waals surface area contributed by atoms with Gasteiger partial charge in [-0.15, -0.1) is 0 Å². The van der Waals surface area contributed by atoms with Crippen LogP contribution in [0.2, 0.25) is 0 Å². The average Bonchev–Trinajstić information content (AvgIpc) is 3.12. The number of hydrogen-bond donors (Lipinski definition) is 3. The van der Waals surface area contributed by atoms with Gasteiger partial charge in [-0.2, -0.15) is 0 Å². The zero-order valence-electron chi connectivity index (χ0n) is 15.2. The molecule has 7 heteroatoms. The van der Waals surface area contributed by atoms with Crippen molar-refractivity contribution in [3.63, 3.8) is 0 Å². The van der Waals surface area contributed by atoms with Gasteiger partial charge in [-0.1, -0.05) is 18.2 Å². The van der Waals surface area contributed by atoms with Gasteiger partial charge < -0.3 is 25.1 Å². The quantitative estimate of drug-likeness (QED) is 0.675. The van der Waals surface area contributed by atoms with E-state index in [0.717, 1.165) is 11.3 Å². The molecule has 2 rings (SSSR count). The molecule has 0 aliphatic heterocycles. The molecule has 1 heterocycles. The maximum absolute atomic E-state index is 12.0. The highest BCUT2D eigenvalue weighted by molar-refractivity contribution is 5.86. The highest BCUT2D eigenvalue weighted by atomic mass is 16.5. The Morgan fingerprint density at radius 3 is 2.50 bits per heavy atom. The Kier molecular flexibility index (Phi) is 7.08. The summed E-state index contributed by atoms with van der Waals surface area (Å²) in [7, 11) is 0. The summed E-state index contributed by atoms with van der Waals surface area (Å²) < 4.78 is 10.9. The number of urea groups is 1. The lowest BCUT2D eigenvalue weighted by Gasteiger charge is -2.16. The lowest BCUT2D eigenvalue weighted by Crippen LogP contribution is -2.48. The van der Waals surface area contributed by atoms with Crippen molar-refractivity contribution in [1.82, 2.24) is 16.0 Å². The van der Waals surface area contributed by atoms with Crippen LogP contribution >= 0.6 is 0 Å². The molecule has 1 aromatic heterocycles. The van der Waals surface area contributed by atoms with Gasteiger partial charge in [0.2, 0.25) is 5.91 Å². The van der Waals surface area contributed by atoms with E-state index in [4.69, 9.17) is 9.15 Å². The van der Waals surface area contributed by atoms with E-state index in [1.165, 1.54) is 6.26 Å². The van der Waals surface area contributed by atoms with Gasteiger partial charge in [0.1, 0.15) is 17.6 Å². The average molecular weight is 359 g/mol. The molecule has 140 valence electrons. The molecule has 0 spiro atoms. The van der Waals surface area contributed by atoms with Gasteiger partial charge in [0, 0.05) is 12.1 Å². The third-order valence-corrected chi connectivity index (χ3v) is 3.53. The summed E-state index contributed by atoms with van der Waals surface area (Å²) in [6, 6.07) is 9.92. The van der Waals surface area contributed by atoms with Crippen molar-refractivity contribution in [1.29, 1.82) is 0 Å². The maximum Gasteiger partial charge on any atom is 0.315 e. The van der Waals surface area contributed by atoms with Crippen molar-refractivity contribution in [3.8, 4) is 5.75 Å². The highest BCUT2D eigenvalue weighted by Crippen LogP contribution is 2.18. The number of carbonyl (C=O) groups excluding carboxylic acids is 2. The third-order valence-electron chi connectivity index (χ3n) is 3.53. The highest BCUT2D eigenvalue weighted by Gasteiger charge is 2.16. The topological polar surface area (TPSA) is 92.6 Å². The minimum Gasteiger partial charge on any atom is -0.491 e. The van der Waals surface area contributed by atoms with Gasteiger partial charge >= 0.3 is 6.03 Å². The van der Waals surface area contributed by atoms with Crippen LogP contribution in [0.3, 0.4) is 0 Å². The van der Waals surface area contributed by atoms with E-state index in [1.807, 2.05) is 38.1 Å². The second-order valence-corrected chi connectivity index (χ2v) is 6.12. The lowest BCUT2D eigenvalue weighted by atomic mass is 10.2. The van der Waals surface area contributed by atoms with Gasteiger partial charge in [0.25, 0.3) is 0 Å². The number of benzene rings is 1. The summed E-state index contributed by atoms with van der Waals surface area (Å²) in [5, 5.41) is 8.05. The van der Waals surface area contributed by atoms with E-state index in [2.05, 4.69) is 16.0 Å². The first kappa shape index (κ1) is 19.4. The maximum atomic E-state index is 12.0. The second-order valence-electron chi connectivity index (χ2n) is 6.12. The van der Waals surface area contributed by atoms with Crippen LogP contribution in [0.5, 0.6) is 5.75 Å². The SMILES string of the molecule is CC(C)Oc1ccccc1CNC(=O)NC(C)C(=O)NCc1ccco1. The second kappa shape index (κ2) is 9.50. The predicted molar refractivity (Wildman–Crippen MR) is 97.6 cm³/mol. The van der Waals surface area contributed by atoms with Gasteiger partial charge in [0.05, 0.1) is 18.9 Å². The van der Waals surface area contributed by atoms with Crippen molar-refractivity contribution in [3.05, 3.63) is 54.0 Å². The molecule has 2 aromatic rings. The van der Waals surface area contributed by atoms with E-state index in [1.54, 1.807) is 19.1 Å². The number of nitrogens with one attached hydrogen (secondary N) is 3. The smallest absolute Gasteiger partial charge is 0.315 e. The molecule has 3 N–H and O–H groups in total. The fraction of sp³-hybridized carbons (Fsp3) is 0.368. The minimum absolute atomic E-state index is 0.0443. The Bertz CT molecular complexity index is 713. The minimum atomic E-state index is -0.674. The summed E-state index contributed by atoms with van der Waals surface area (Å²) in [5.41, 5.74) is 0.867. The van der Waals surface area contributed by atoms with Crippen LogP contribution in [-0.4, -0.2) is 24.1 Å². The first-order valence-corrected chi connectivity index (χ1v) is 8.54. The van der Waals surface area contributed by atoms with Crippen LogP contribution < -0.4 is 20.7 Å². The number of amides is 3. The molecule has 1 unspecified atom stereocenters. The number of furan rings is 1. The van der Waals surface area contributed by atoms with Crippen LogP contribution in [0.4, 0.5) is 4.79 Å². The normalized spacial score (nSPS) is 11.7. The van der Waals surface area contributed by atoms with Gasteiger partial charge in [0.15, 0.2) is 0 Å². The molecule has 26 heavy (non-hydrogen) atoms. The Labute approximate surface area is 153 Å². The molecule has 0 saturated carbocycles. The molecular formula is C19H25N3O4. The van der Waals surface area contributed by atoms with Crippen LogP contribution in [-0.2, 0) is 17.9 Å². The fourth-order valence-corrected chi connectivity index (χ4v) is 2.25. The largest absolute Gasteiger partial charge is 0.491 e. The van der Waals surface area contributed by atoms with Crippen LogP contribution in [0.15, 0.2) is 47.1 Å². The van der Waals surface area contributed by atoms with Crippen molar-refractivity contribution < 1.29 is 18.7 Å². The third kappa shape index (κ3) is 6.16. The molecule has 1 aromatic carbocycles. The van der Waals surface area contributed by atoms with Gasteiger partial charge in [-0.05, 0) is 39.0 Å². The van der Waals surface area contributed by atoms with E-state index < -0.39 is 12.1 Å². The number of para-hydroxylation sites is 1. The molecule has 0 fully saturated rings. The Morgan fingerprint density at radius 2 is 1.81 bits per heavy atom. The first-order chi connectivity index (χ1) is 12.5. The first-order valence-electron chi connectivity index (χ1n) is 8.54. The standard InChI is InChI=1S/C19H25N3O4/c1-13(2)26-17-9-5-4-7-15(17)11-21-19(24)22-14(3)18(23)20-12-16-8-6-10-25-16/h4-10,13-14H,11-12H2,1-3H3,(H,20,23)(H2,21,22,24). The summed E-state index contributed by atoms with van der Waals surface area (Å²) in [5.74, 6) is 1.09. The Hall–Kier alpha value is -2.96. The van der Waals surface area contributed by atoms with Gasteiger partial charge in [-0.3, -0.25) is 4.79 Å². The molecule has 0 radical (unpaired) electrons. The zero-order valence-corrected chi connectivity index (χ0v) is 15.2. The van der Waals surface area contributed by atoms with Crippen LogP contribution in [0.1, 0.15) is 32.1 Å². The molecule has 0 aliphatic rings. The van der Waals surface area contributed by atoms with Crippen molar-refractivity contribution in [2.24, 2.45) is 0 Å². The van der Waals surface area contributed by atoms with Crippen molar-refractivity contribution in [2.45, 2.75) is 46.0 Å².